The number of aliphatic hydroxyl groups excluding tert-OH is 1. The Balaban J connectivity index is 1.27. The Hall–Kier alpha value is -3.96. The lowest BCUT2D eigenvalue weighted by Gasteiger charge is -2.34. The van der Waals surface area contributed by atoms with Gasteiger partial charge in [-0.25, -0.2) is 0 Å². The van der Waals surface area contributed by atoms with E-state index in [1.807, 2.05) is 67.6 Å². The smallest absolute Gasteiger partial charge is 0.227 e. The Morgan fingerprint density at radius 2 is 1.79 bits per heavy atom. The maximum absolute atomic E-state index is 13.6. The van der Waals surface area contributed by atoms with Crippen LogP contribution in [0.3, 0.4) is 0 Å². The van der Waals surface area contributed by atoms with E-state index in [2.05, 4.69) is 41.2 Å². The quantitative estimate of drug-likeness (QED) is 0.299. The zero-order valence-corrected chi connectivity index (χ0v) is 27.8. The molecule has 10 heteroatoms. The number of morpholine rings is 1. The van der Waals surface area contributed by atoms with Gasteiger partial charge in [-0.15, -0.1) is 0 Å². The topological polar surface area (TPSA) is 104 Å². The lowest BCUT2D eigenvalue weighted by Crippen LogP contribution is -2.47. The first-order chi connectivity index (χ1) is 22.8. The van der Waals surface area contributed by atoms with Crippen LogP contribution < -0.4 is 14.8 Å². The minimum Gasteiger partial charge on any atom is -0.488 e. The van der Waals surface area contributed by atoms with Crippen molar-refractivity contribution in [2.75, 3.05) is 64.9 Å². The van der Waals surface area contributed by atoms with Gasteiger partial charge in [-0.3, -0.25) is 19.4 Å². The summed E-state index contributed by atoms with van der Waals surface area (Å²) in [5, 5.41) is 13.0. The molecule has 0 saturated carbocycles. The van der Waals surface area contributed by atoms with Crippen LogP contribution in [0.15, 0.2) is 72.8 Å². The van der Waals surface area contributed by atoms with E-state index >= 15 is 0 Å². The van der Waals surface area contributed by atoms with Gasteiger partial charge < -0.3 is 29.5 Å². The highest BCUT2D eigenvalue weighted by Crippen LogP contribution is 2.30. The summed E-state index contributed by atoms with van der Waals surface area (Å²) in [7, 11) is 2.06. The molecule has 2 N–H and O–H groups in total. The predicted molar refractivity (Wildman–Crippen MR) is 182 cm³/mol. The van der Waals surface area contributed by atoms with Crippen LogP contribution >= 0.6 is 0 Å². The van der Waals surface area contributed by atoms with Crippen molar-refractivity contribution < 1.29 is 28.9 Å². The summed E-state index contributed by atoms with van der Waals surface area (Å²) in [6.07, 6.45) is 0.264. The number of benzene rings is 3. The number of para-hydroxylation sites is 1. The number of carbonyl (C=O) groups excluding carboxylic acids is 2. The Labute approximate surface area is 278 Å². The number of nitrogens with one attached hydrogen (secondary N) is 1. The number of hydrogen-bond acceptors (Lipinski definition) is 8. The summed E-state index contributed by atoms with van der Waals surface area (Å²) in [5.74, 6) is 2.05. The van der Waals surface area contributed by atoms with E-state index in [4.69, 9.17) is 14.2 Å². The van der Waals surface area contributed by atoms with Gasteiger partial charge in [0.2, 0.25) is 11.8 Å². The molecule has 0 aliphatic carbocycles. The van der Waals surface area contributed by atoms with Crippen LogP contribution in [-0.4, -0.2) is 103 Å². The number of nitrogens with zero attached hydrogens (tertiary/aromatic N) is 3. The summed E-state index contributed by atoms with van der Waals surface area (Å²) in [5.41, 5.74) is 2.49. The molecule has 5 rings (SSSR count). The molecule has 0 radical (unpaired) electrons. The molecular weight excluding hydrogens is 596 g/mol. The molecule has 0 aromatic heterocycles. The average molecular weight is 645 g/mol. The van der Waals surface area contributed by atoms with Crippen molar-refractivity contribution in [3.63, 3.8) is 0 Å². The number of ether oxygens (including phenoxy) is 3. The van der Waals surface area contributed by atoms with Crippen molar-refractivity contribution >= 4 is 17.5 Å². The maximum Gasteiger partial charge on any atom is 0.227 e. The van der Waals surface area contributed by atoms with Crippen LogP contribution in [0.1, 0.15) is 31.4 Å². The molecule has 2 heterocycles. The minimum atomic E-state index is -0.329. The molecule has 10 nitrogen and oxygen atoms in total. The number of hydrogen-bond donors (Lipinski definition) is 2. The highest BCUT2D eigenvalue weighted by atomic mass is 16.5. The monoisotopic (exact) mass is 644 g/mol. The van der Waals surface area contributed by atoms with Crippen LogP contribution in [0.5, 0.6) is 17.2 Å². The van der Waals surface area contributed by atoms with Gasteiger partial charge in [0, 0.05) is 62.9 Å². The van der Waals surface area contributed by atoms with Gasteiger partial charge in [0.25, 0.3) is 0 Å². The van der Waals surface area contributed by atoms with Gasteiger partial charge >= 0.3 is 0 Å². The summed E-state index contributed by atoms with van der Waals surface area (Å²) in [4.78, 5) is 32.6. The fraction of sp³-hybridized carbons (Fsp3) is 0.459. The second-order valence-corrected chi connectivity index (χ2v) is 12.7. The van der Waals surface area contributed by atoms with Crippen molar-refractivity contribution in [1.29, 1.82) is 0 Å². The minimum absolute atomic E-state index is 0.0115. The van der Waals surface area contributed by atoms with Gasteiger partial charge in [-0.05, 0) is 62.0 Å². The Kier molecular flexibility index (Phi) is 12.2. The van der Waals surface area contributed by atoms with Crippen molar-refractivity contribution in [1.82, 2.24) is 14.7 Å². The number of aliphatic hydroxyl groups is 1. The molecule has 0 bridgehead atoms. The molecule has 47 heavy (non-hydrogen) atoms. The number of rotatable bonds is 12. The lowest BCUT2D eigenvalue weighted by atomic mass is 10.0. The molecule has 3 atom stereocenters. The predicted octanol–water partition coefficient (Wildman–Crippen LogP) is 4.42. The third-order valence-electron chi connectivity index (χ3n) is 8.81. The van der Waals surface area contributed by atoms with Crippen molar-refractivity contribution in [2.45, 2.75) is 45.4 Å². The first kappa shape index (κ1) is 34.4. The van der Waals surface area contributed by atoms with Crippen LogP contribution in [0.25, 0.3) is 0 Å². The van der Waals surface area contributed by atoms with Crippen LogP contribution in [0.4, 0.5) is 5.69 Å². The van der Waals surface area contributed by atoms with Crippen molar-refractivity contribution in [2.24, 2.45) is 5.92 Å². The van der Waals surface area contributed by atoms with Gasteiger partial charge in [0.1, 0.15) is 23.4 Å². The van der Waals surface area contributed by atoms with Crippen molar-refractivity contribution in [3.8, 4) is 17.2 Å². The molecule has 2 aliphatic rings. The van der Waals surface area contributed by atoms with Crippen molar-refractivity contribution in [3.05, 3.63) is 83.9 Å². The Morgan fingerprint density at radius 1 is 1.06 bits per heavy atom. The first-order valence-electron chi connectivity index (χ1n) is 16.6. The number of likely N-dealkylation sites (N-methyl/N-ethyl adjacent to an activating group) is 1. The summed E-state index contributed by atoms with van der Waals surface area (Å²) in [6.45, 7) is 9.35. The number of fused-ring (bicyclic) bond motifs is 1. The summed E-state index contributed by atoms with van der Waals surface area (Å²) >= 11 is 0. The molecule has 3 aromatic carbocycles. The highest BCUT2D eigenvalue weighted by Gasteiger charge is 2.31. The number of carbonyl (C=O) groups is 2. The molecule has 2 amide bonds. The van der Waals surface area contributed by atoms with E-state index in [1.165, 1.54) is 0 Å². The third-order valence-corrected chi connectivity index (χ3v) is 8.81. The number of amides is 2. The lowest BCUT2D eigenvalue weighted by molar-refractivity contribution is -0.134. The van der Waals surface area contributed by atoms with Gasteiger partial charge in [0.15, 0.2) is 0 Å². The van der Waals surface area contributed by atoms with E-state index in [1.54, 1.807) is 4.90 Å². The Bertz CT molecular complexity index is 1450. The van der Waals surface area contributed by atoms with Gasteiger partial charge in [-0.2, -0.15) is 0 Å². The molecule has 252 valence electrons. The van der Waals surface area contributed by atoms with E-state index in [-0.39, 0.29) is 42.9 Å². The summed E-state index contributed by atoms with van der Waals surface area (Å²) < 4.78 is 18.0. The largest absolute Gasteiger partial charge is 0.488 e. The van der Waals surface area contributed by atoms with E-state index in [0.29, 0.717) is 62.8 Å². The summed E-state index contributed by atoms with van der Waals surface area (Å²) in [6, 6.07) is 23.0. The van der Waals surface area contributed by atoms with Crippen LogP contribution in [0.2, 0.25) is 0 Å². The second kappa shape index (κ2) is 16.7. The molecule has 0 unspecified atom stereocenters. The first-order valence-corrected chi connectivity index (χ1v) is 16.6. The van der Waals surface area contributed by atoms with Crippen LogP contribution in [-0.2, 0) is 27.3 Å². The zero-order chi connectivity index (χ0) is 33.2. The number of anilines is 1. The normalized spacial score (nSPS) is 19.6. The second-order valence-electron chi connectivity index (χ2n) is 12.7. The zero-order valence-electron chi connectivity index (χ0n) is 27.8. The molecule has 1 fully saturated rings. The SMILES string of the molecule is C[C@H](CO)N1C[C@H](C)[C@@H](CN(C)Cc2ccc(Oc3ccccc3)cc2)Oc2ccc(NC(=O)CCN3CCOCC3)cc2CC1=O. The highest BCUT2D eigenvalue weighted by molar-refractivity contribution is 5.91. The fourth-order valence-electron chi connectivity index (χ4n) is 6.00. The Morgan fingerprint density at radius 3 is 2.51 bits per heavy atom. The average Bonchev–Trinajstić information content (AvgIpc) is 3.12. The third kappa shape index (κ3) is 10.0. The van der Waals surface area contributed by atoms with E-state index in [0.717, 1.165) is 30.2 Å². The molecule has 1 saturated heterocycles. The maximum atomic E-state index is 13.6. The van der Waals surface area contributed by atoms with Gasteiger partial charge in [0.05, 0.1) is 32.3 Å². The van der Waals surface area contributed by atoms with Crippen LogP contribution in [0, 0.1) is 5.92 Å². The van der Waals surface area contributed by atoms with E-state index < -0.39 is 0 Å². The van der Waals surface area contributed by atoms with Gasteiger partial charge in [-0.1, -0.05) is 37.3 Å². The van der Waals surface area contributed by atoms with E-state index in [9.17, 15) is 14.7 Å². The molecule has 3 aromatic rings. The molecule has 2 aliphatic heterocycles. The molecular formula is C37H48N4O6. The standard InChI is InChI=1S/C37H48N4O6/c1-27-23-41(28(2)26-42)37(44)22-30-21-31(38-36(43)15-16-40-17-19-45-20-18-40)11-14-34(30)47-35(27)25-39(3)24-29-9-12-33(13-10-29)46-32-7-5-4-6-8-32/h4-14,21,27-28,35,42H,15-20,22-26H2,1-3H3,(H,38,43)/t27-,28+,35+/m0/s1. The fourth-order valence-corrected chi connectivity index (χ4v) is 6.00. The molecule has 0 spiro atoms.